The lowest BCUT2D eigenvalue weighted by Crippen LogP contribution is -2.26. The highest BCUT2D eigenvalue weighted by atomic mass is 16.2. The maximum atomic E-state index is 11.7. The molecule has 0 saturated carbocycles. The van der Waals surface area contributed by atoms with E-state index < -0.39 is 0 Å². The lowest BCUT2D eigenvalue weighted by atomic mass is 10.0. The van der Waals surface area contributed by atoms with Crippen LogP contribution in [0.4, 0.5) is 11.6 Å². The van der Waals surface area contributed by atoms with Crippen molar-refractivity contribution in [3.8, 4) is 0 Å². The summed E-state index contributed by atoms with van der Waals surface area (Å²) in [6.45, 7) is 6.78. The first-order valence-corrected chi connectivity index (χ1v) is 7.45. The minimum atomic E-state index is -0.0313. The summed E-state index contributed by atoms with van der Waals surface area (Å²) in [6, 6.07) is 1.91. The van der Waals surface area contributed by atoms with Gasteiger partial charge in [0.1, 0.15) is 17.5 Å². The van der Waals surface area contributed by atoms with Gasteiger partial charge in [0.2, 0.25) is 5.91 Å². The maximum Gasteiger partial charge on any atom is 0.245 e. The Labute approximate surface area is 134 Å². The summed E-state index contributed by atoms with van der Waals surface area (Å²) in [5.41, 5.74) is 0.934. The van der Waals surface area contributed by atoms with Crippen molar-refractivity contribution in [2.75, 3.05) is 18.4 Å². The largest absolute Gasteiger partial charge is 0.338 e. The van der Waals surface area contributed by atoms with Gasteiger partial charge in [-0.15, -0.1) is 0 Å². The van der Waals surface area contributed by atoms with Crippen LogP contribution in [0.15, 0.2) is 37.3 Å². The van der Waals surface area contributed by atoms with Gasteiger partial charge in [-0.05, 0) is 19.4 Å². The summed E-state index contributed by atoms with van der Waals surface area (Å²) in [7, 11) is 0. The van der Waals surface area contributed by atoms with E-state index in [2.05, 4.69) is 31.8 Å². The van der Waals surface area contributed by atoms with Gasteiger partial charge in [0.25, 0.3) is 0 Å². The van der Waals surface area contributed by atoms with Gasteiger partial charge in [0, 0.05) is 37.5 Å². The number of amides is 1. The predicted molar refractivity (Wildman–Crippen MR) is 86.2 cm³/mol. The maximum absolute atomic E-state index is 11.7. The third kappa shape index (κ3) is 3.50. The van der Waals surface area contributed by atoms with E-state index in [1.165, 1.54) is 6.08 Å². The molecule has 1 amide bonds. The molecule has 7 nitrogen and oxygen atoms in total. The molecule has 1 N–H and O–H groups in total. The average Bonchev–Trinajstić information content (AvgIpc) is 3.04. The number of nitrogens with zero attached hydrogens (tertiary/aromatic N) is 5. The molecule has 1 fully saturated rings. The fraction of sp³-hybridized carbons (Fsp3) is 0.312. The molecule has 3 heterocycles. The van der Waals surface area contributed by atoms with Crippen LogP contribution in [-0.4, -0.2) is 43.8 Å². The van der Waals surface area contributed by atoms with Crippen molar-refractivity contribution >= 4 is 17.5 Å². The molecule has 2 aromatic heterocycles. The van der Waals surface area contributed by atoms with E-state index >= 15 is 0 Å². The Bertz CT molecular complexity index is 718. The van der Waals surface area contributed by atoms with E-state index in [0.717, 1.165) is 18.7 Å². The number of rotatable bonds is 4. The van der Waals surface area contributed by atoms with Crippen molar-refractivity contribution in [3.05, 3.63) is 48.8 Å². The van der Waals surface area contributed by atoms with Gasteiger partial charge in [0.15, 0.2) is 0 Å². The molecule has 3 rings (SSSR count). The van der Waals surface area contributed by atoms with Crippen molar-refractivity contribution in [1.29, 1.82) is 0 Å². The van der Waals surface area contributed by atoms with E-state index in [1.54, 1.807) is 23.5 Å². The topological polar surface area (TPSA) is 83.9 Å². The van der Waals surface area contributed by atoms with Crippen LogP contribution in [0.2, 0.25) is 0 Å². The molecule has 1 aliphatic rings. The first kappa shape index (κ1) is 15.1. The van der Waals surface area contributed by atoms with E-state index in [9.17, 15) is 4.79 Å². The monoisotopic (exact) mass is 310 g/mol. The average molecular weight is 310 g/mol. The van der Waals surface area contributed by atoms with Crippen molar-refractivity contribution < 1.29 is 4.79 Å². The third-order valence-corrected chi connectivity index (χ3v) is 3.77. The molecule has 1 aliphatic heterocycles. The van der Waals surface area contributed by atoms with E-state index in [0.29, 0.717) is 24.0 Å². The molecule has 0 radical (unpaired) electrons. The van der Waals surface area contributed by atoms with Gasteiger partial charge in [0.05, 0.1) is 11.9 Å². The predicted octanol–water partition coefficient (Wildman–Crippen LogP) is 1.82. The third-order valence-electron chi connectivity index (χ3n) is 3.77. The van der Waals surface area contributed by atoms with Gasteiger partial charge in [-0.25, -0.2) is 15.0 Å². The molecule has 0 aliphatic carbocycles. The molecule has 0 bridgehead atoms. The summed E-state index contributed by atoms with van der Waals surface area (Å²) in [5, 5.41) is 3.13. The molecule has 0 aromatic carbocycles. The number of nitrogens with one attached hydrogen (secondary N) is 1. The molecule has 0 spiro atoms. The van der Waals surface area contributed by atoms with Crippen LogP contribution in [-0.2, 0) is 4.79 Å². The fourth-order valence-electron chi connectivity index (χ4n) is 2.69. The van der Waals surface area contributed by atoms with E-state index in [1.807, 2.05) is 13.0 Å². The standard InChI is InChI=1S/C16H18N6O/c1-3-16(23)22-7-4-12(10-22)13-8-14(20-11(2)19-13)21-15-9-17-5-6-18-15/h3,5-6,8-9,12H,1,4,7,10H2,2H3,(H,18,19,20,21)/t12-/m1/s1. The van der Waals surface area contributed by atoms with Crippen LogP contribution in [0.5, 0.6) is 0 Å². The van der Waals surface area contributed by atoms with Crippen molar-refractivity contribution in [3.63, 3.8) is 0 Å². The molecule has 2 aromatic rings. The molecule has 1 saturated heterocycles. The van der Waals surface area contributed by atoms with Gasteiger partial charge >= 0.3 is 0 Å². The number of hydrogen-bond donors (Lipinski definition) is 1. The Hall–Kier alpha value is -2.83. The van der Waals surface area contributed by atoms with Gasteiger partial charge < -0.3 is 10.2 Å². The van der Waals surface area contributed by atoms with Crippen LogP contribution in [0, 0.1) is 6.92 Å². The lowest BCUT2D eigenvalue weighted by molar-refractivity contribution is -0.125. The number of anilines is 2. The first-order valence-electron chi connectivity index (χ1n) is 7.45. The summed E-state index contributed by atoms with van der Waals surface area (Å²) < 4.78 is 0. The van der Waals surface area contributed by atoms with Crippen LogP contribution < -0.4 is 5.32 Å². The molecule has 118 valence electrons. The van der Waals surface area contributed by atoms with Crippen LogP contribution in [0.25, 0.3) is 0 Å². The van der Waals surface area contributed by atoms with Crippen molar-refractivity contribution in [2.24, 2.45) is 0 Å². The van der Waals surface area contributed by atoms with Gasteiger partial charge in [-0.2, -0.15) is 0 Å². The van der Waals surface area contributed by atoms with Crippen molar-refractivity contribution in [1.82, 2.24) is 24.8 Å². The Kier molecular flexibility index (Phi) is 4.27. The summed E-state index contributed by atoms with van der Waals surface area (Å²) in [4.78, 5) is 30.6. The highest BCUT2D eigenvalue weighted by molar-refractivity contribution is 5.87. The normalized spacial score (nSPS) is 17.1. The molecule has 23 heavy (non-hydrogen) atoms. The highest BCUT2D eigenvalue weighted by Gasteiger charge is 2.27. The number of aromatic nitrogens is 4. The van der Waals surface area contributed by atoms with Gasteiger partial charge in [-0.3, -0.25) is 9.78 Å². The van der Waals surface area contributed by atoms with Crippen LogP contribution >= 0.6 is 0 Å². The number of likely N-dealkylation sites (tertiary alicyclic amines) is 1. The van der Waals surface area contributed by atoms with Crippen LogP contribution in [0.3, 0.4) is 0 Å². The Morgan fingerprint density at radius 2 is 2.26 bits per heavy atom. The fourth-order valence-corrected chi connectivity index (χ4v) is 2.69. The minimum absolute atomic E-state index is 0.0313. The van der Waals surface area contributed by atoms with E-state index in [-0.39, 0.29) is 11.8 Å². The van der Waals surface area contributed by atoms with E-state index in [4.69, 9.17) is 0 Å². The number of hydrogen-bond acceptors (Lipinski definition) is 6. The summed E-state index contributed by atoms with van der Waals surface area (Å²) in [6.07, 6.45) is 7.12. The Morgan fingerprint density at radius 3 is 3.00 bits per heavy atom. The molecule has 1 atom stereocenters. The molecular weight excluding hydrogens is 292 g/mol. The zero-order valence-electron chi connectivity index (χ0n) is 12.9. The zero-order chi connectivity index (χ0) is 16.2. The second-order valence-electron chi connectivity index (χ2n) is 5.41. The smallest absolute Gasteiger partial charge is 0.245 e. The summed E-state index contributed by atoms with van der Waals surface area (Å²) >= 11 is 0. The second-order valence-corrected chi connectivity index (χ2v) is 5.41. The highest BCUT2D eigenvalue weighted by Crippen LogP contribution is 2.27. The Balaban J connectivity index is 1.78. The molecule has 0 unspecified atom stereocenters. The quantitative estimate of drug-likeness (QED) is 0.867. The number of carbonyl (C=O) groups excluding carboxylic acids is 1. The number of carbonyl (C=O) groups is 1. The zero-order valence-corrected chi connectivity index (χ0v) is 12.9. The lowest BCUT2D eigenvalue weighted by Gasteiger charge is -2.15. The number of aryl methyl sites for hydroxylation is 1. The first-order chi connectivity index (χ1) is 11.2. The van der Waals surface area contributed by atoms with Gasteiger partial charge in [-0.1, -0.05) is 6.58 Å². The molecular formula is C16H18N6O. The second kappa shape index (κ2) is 6.51. The molecule has 7 heteroatoms. The SMILES string of the molecule is C=CC(=O)N1CC[C@@H](c2cc(Nc3cnccn3)nc(C)n2)C1. The summed E-state index contributed by atoms with van der Waals surface area (Å²) in [5.74, 6) is 2.18. The van der Waals surface area contributed by atoms with Crippen LogP contribution in [0.1, 0.15) is 23.9 Å². The Morgan fingerprint density at radius 1 is 1.39 bits per heavy atom. The van der Waals surface area contributed by atoms with Crippen molar-refractivity contribution in [2.45, 2.75) is 19.3 Å². The minimum Gasteiger partial charge on any atom is -0.338 e.